The quantitative estimate of drug-likeness (QED) is 0.535. The molecule has 5 heteroatoms. The topological polar surface area (TPSA) is 83.6 Å². The van der Waals surface area contributed by atoms with Crippen LogP contribution in [0.1, 0.15) is 18.6 Å². The summed E-state index contributed by atoms with van der Waals surface area (Å²) in [7, 11) is 0. The van der Waals surface area contributed by atoms with Gasteiger partial charge in [0, 0.05) is 6.07 Å². The van der Waals surface area contributed by atoms with Crippen LogP contribution in [0.2, 0.25) is 0 Å². The summed E-state index contributed by atoms with van der Waals surface area (Å²) in [6, 6.07) is 3.75. The van der Waals surface area contributed by atoms with Crippen LogP contribution < -0.4 is 0 Å². The summed E-state index contributed by atoms with van der Waals surface area (Å²) in [5.74, 6) is -0.427. The Labute approximate surface area is 74.4 Å². The van der Waals surface area contributed by atoms with Crippen molar-refractivity contribution in [2.75, 3.05) is 0 Å². The van der Waals surface area contributed by atoms with Crippen LogP contribution in [-0.4, -0.2) is 15.1 Å². The van der Waals surface area contributed by atoms with E-state index in [2.05, 4.69) is 0 Å². The lowest BCUT2D eigenvalue weighted by Crippen LogP contribution is -1.93. The van der Waals surface area contributed by atoms with Crippen LogP contribution in [0, 0.1) is 10.1 Å². The van der Waals surface area contributed by atoms with Crippen LogP contribution >= 0.6 is 0 Å². The van der Waals surface area contributed by atoms with Gasteiger partial charge in [-0.15, -0.1) is 0 Å². The predicted molar refractivity (Wildman–Crippen MR) is 45.4 cm³/mol. The van der Waals surface area contributed by atoms with Crippen LogP contribution in [0.25, 0.3) is 0 Å². The zero-order chi connectivity index (χ0) is 10.0. The molecule has 1 aromatic rings. The summed E-state index contributed by atoms with van der Waals surface area (Å²) in [5.41, 5.74) is 0.0903. The molecular weight excluding hydrogens is 174 g/mol. The van der Waals surface area contributed by atoms with Crippen molar-refractivity contribution >= 4 is 5.69 Å². The number of aliphatic hydroxyl groups excluding tert-OH is 1. The third-order valence-electron chi connectivity index (χ3n) is 1.68. The van der Waals surface area contributed by atoms with Gasteiger partial charge in [0.15, 0.2) is 5.75 Å². The molecule has 0 aliphatic carbocycles. The molecule has 0 aliphatic rings. The summed E-state index contributed by atoms with van der Waals surface area (Å²) < 4.78 is 0. The highest BCUT2D eigenvalue weighted by molar-refractivity contribution is 5.47. The number of rotatable bonds is 2. The fourth-order valence-electron chi connectivity index (χ4n) is 0.955. The van der Waals surface area contributed by atoms with Crippen LogP contribution in [0.15, 0.2) is 18.2 Å². The van der Waals surface area contributed by atoms with Gasteiger partial charge in [0.1, 0.15) is 0 Å². The van der Waals surface area contributed by atoms with Gasteiger partial charge in [0.05, 0.1) is 11.0 Å². The van der Waals surface area contributed by atoms with Crippen LogP contribution in [0.4, 0.5) is 5.69 Å². The molecule has 0 spiro atoms. The van der Waals surface area contributed by atoms with E-state index in [1.165, 1.54) is 19.1 Å². The van der Waals surface area contributed by atoms with E-state index in [0.717, 1.165) is 6.07 Å². The van der Waals surface area contributed by atoms with Crippen molar-refractivity contribution in [3.05, 3.63) is 33.9 Å². The number of nitrogens with zero attached hydrogens (tertiary/aromatic N) is 1. The van der Waals surface area contributed by atoms with Gasteiger partial charge < -0.3 is 10.2 Å². The number of hydrogen-bond donors (Lipinski definition) is 2. The molecule has 0 amide bonds. The van der Waals surface area contributed by atoms with Crippen molar-refractivity contribution in [1.82, 2.24) is 0 Å². The fraction of sp³-hybridized carbons (Fsp3) is 0.250. The average molecular weight is 183 g/mol. The van der Waals surface area contributed by atoms with Gasteiger partial charge in [0.25, 0.3) is 0 Å². The number of phenolic OH excluding ortho intramolecular Hbond substituents is 1. The third-order valence-corrected chi connectivity index (χ3v) is 1.68. The molecule has 70 valence electrons. The first kappa shape index (κ1) is 9.47. The van der Waals surface area contributed by atoms with Crippen molar-refractivity contribution < 1.29 is 15.1 Å². The largest absolute Gasteiger partial charge is 0.502 e. The zero-order valence-corrected chi connectivity index (χ0v) is 6.97. The molecule has 0 aromatic heterocycles. The number of nitro groups is 1. The fourth-order valence-corrected chi connectivity index (χ4v) is 0.955. The van der Waals surface area contributed by atoms with Gasteiger partial charge in [-0.3, -0.25) is 10.1 Å². The highest BCUT2D eigenvalue weighted by Crippen LogP contribution is 2.28. The van der Waals surface area contributed by atoms with Crippen LogP contribution in [0.3, 0.4) is 0 Å². The molecule has 5 nitrogen and oxygen atoms in total. The Morgan fingerprint density at radius 3 is 2.54 bits per heavy atom. The van der Waals surface area contributed by atoms with Gasteiger partial charge in [-0.25, -0.2) is 0 Å². The van der Waals surface area contributed by atoms with Gasteiger partial charge in [-0.05, 0) is 24.6 Å². The SMILES string of the molecule is C[C@@H](O)c1ccc([N+](=O)[O-])c(O)c1. The summed E-state index contributed by atoms with van der Waals surface area (Å²) >= 11 is 0. The Kier molecular flexibility index (Phi) is 2.48. The number of aromatic hydroxyl groups is 1. The van der Waals surface area contributed by atoms with Crippen molar-refractivity contribution in [3.63, 3.8) is 0 Å². The summed E-state index contributed by atoms with van der Waals surface area (Å²) in [5, 5.41) is 28.5. The molecule has 0 saturated heterocycles. The Morgan fingerprint density at radius 1 is 1.54 bits per heavy atom. The Balaban J connectivity index is 3.13. The first-order chi connectivity index (χ1) is 6.02. The maximum absolute atomic E-state index is 10.3. The maximum atomic E-state index is 10.3. The summed E-state index contributed by atoms with van der Waals surface area (Å²) in [4.78, 5) is 9.61. The molecule has 0 aliphatic heterocycles. The molecule has 13 heavy (non-hydrogen) atoms. The molecule has 0 radical (unpaired) electrons. The Bertz CT molecular complexity index is 335. The van der Waals surface area contributed by atoms with E-state index in [-0.39, 0.29) is 5.69 Å². The van der Waals surface area contributed by atoms with Crippen LogP contribution in [0.5, 0.6) is 5.75 Å². The number of aliphatic hydroxyl groups is 1. The molecule has 0 heterocycles. The first-order valence-electron chi connectivity index (χ1n) is 3.67. The lowest BCUT2D eigenvalue weighted by Gasteiger charge is -2.04. The second-order valence-corrected chi connectivity index (χ2v) is 2.68. The number of hydrogen-bond acceptors (Lipinski definition) is 4. The highest BCUT2D eigenvalue weighted by Gasteiger charge is 2.14. The summed E-state index contributed by atoms with van der Waals surface area (Å²) in [6.45, 7) is 1.51. The molecule has 2 N–H and O–H groups in total. The number of nitro benzene ring substituents is 1. The molecule has 1 aromatic carbocycles. The van der Waals surface area contributed by atoms with Gasteiger partial charge in [-0.2, -0.15) is 0 Å². The summed E-state index contributed by atoms with van der Waals surface area (Å²) in [6.07, 6.45) is -0.744. The number of phenols is 1. The Hall–Kier alpha value is -1.62. The minimum atomic E-state index is -0.744. The van der Waals surface area contributed by atoms with Crippen LogP contribution in [-0.2, 0) is 0 Å². The molecule has 1 rings (SSSR count). The van der Waals surface area contributed by atoms with E-state index in [9.17, 15) is 10.1 Å². The van der Waals surface area contributed by atoms with Crippen molar-refractivity contribution in [1.29, 1.82) is 0 Å². The average Bonchev–Trinajstić information content (AvgIpc) is 2.03. The second-order valence-electron chi connectivity index (χ2n) is 2.68. The van der Waals surface area contributed by atoms with Gasteiger partial charge >= 0.3 is 5.69 Å². The van der Waals surface area contributed by atoms with E-state index in [0.29, 0.717) is 5.56 Å². The second kappa shape index (κ2) is 3.40. The maximum Gasteiger partial charge on any atom is 0.310 e. The lowest BCUT2D eigenvalue weighted by molar-refractivity contribution is -0.385. The predicted octanol–water partition coefficient (Wildman–Crippen LogP) is 1.35. The van der Waals surface area contributed by atoms with E-state index in [1.54, 1.807) is 0 Å². The van der Waals surface area contributed by atoms with E-state index in [1.807, 2.05) is 0 Å². The molecule has 1 atom stereocenters. The van der Waals surface area contributed by atoms with Gasteiger partial charge in [0.2, 0.25) is 0 Å². The standard InChI is InChI=1S/C8H9NO4/c1-5(10)6-2-3-7(9(12)13)8(11)4-6/h2-5,10-11H,1H3/t5-/m1/s1. The zero-order valence-electron chi connectivity index (χ0n) is 6.97. The molecule has 0 fully saturated rings. The molecule has 0 unspecified atom stereocenters. The van der Waals surface area contributed by atoms with Crippen molar-refractivity contribution in [2.24, 2.45) is 0 Å². The molecule has 0 bridgehead atoms. The smallest absolute Gasteiger partial charge is 0.310 e. The lowest BCUT2D eigenvalue weighted by atomic mass is 10.1. The highest BCUT2D eigenvalue weighted by atomic mass is 16.6. The minimum Gasteiger partial charge on any atom is -0.502 e. The Morgan fingerprint density at radius 2 is 2.15 bits per heavy atom. The normalized spacial score (nSPS) is 12.5. The molecule has 0 saturated carbocycles. The van der Waals surface area contributed by atoms with Gasteiger partial charge in [-0.1, -0.05) is 0 Å². The van der Waals surface area contributed by atoms with E-state index >= 15 is 0 Å². The van der Waals surface area contributed by atoms with E-state index in [4.69, 9.17) is 10.2 Å². The van der Waals surface area contributed by atoms with Crippen molar-refractivity contribution in [2.45, 2.75) is 13.0 Å². The monoisotopic (exact) mass is 183 g/mol. The minimum absolute atomic E-state index is 0.357. The van der Waals surface area contributed by atoms with Crippen molar-refractivity contribution in [3.8, 4) is 5.75 Å². The third kappa shape index (κ3) is 1.94. The van der Waals surface area contributed by atoms with E-state index < -0.39 is 16.8 Å². The molecular formula is C8H9NO4. The first-order valence-corrected chi connectivity index (χ1v) is 3.67. The number of benzene rings is 1.